The number of aryl methyl sites for hydroxylation is 1. The number of anilines is 1. The number of hydrogen-bond acceptors (Lipinski definition) is 8. The number of carbonyl (C=O) groups excluding carboxylic acids is 1. The molecule has 214 valence electrons. The molecule has 10 nitrogen and oxygen atoms in total. The van der Waals surface area contributed by atoms with Gasteiger partial charge >= 0.3 is 0 Å². The van der Waals surface area contributed by atoms with Crippen molar-refractivity contribution in [1.29, 1.82) is 0 Å². The Bertz CT molecular complexity index is 1650. The van der Waals surface area contributed by atoms with Gasteiger partial charge in [0.1, 0.15) is 0 Å². The Kier molecular flexibility index (Phi) is 8.62. The predicted octanol–water partition coefficient (Wildman–Crippen LogP) is 4.79. The first-order chi connectivity index (χ1) is 19.8. The van der Waals surface area contributed by atoms with Gasteiger partial charge in [0.15, 0.2) is 22.5 Å². The number of carbonyl (C=O) groups is 1. The molecule has 1 N–H and O–H groups in total. The third kappa shape index (κ3) is 6.24. The molecule has 1 aromatic heterocycles. The van der Waals surface area contributed by atoms with Crippen molar-refractivity contribution < 1.29 is 22.7 Å². The SMILES string of the molecule is CCN(CC)S(=O)(=O)c1ccc(C)c(NC(=O)CSc2nnc(-c3ccccc3)n2Cc2ccc3c(c2)OCO3)c1. The summed E-state index contributed by atoms with van der Waals surface area (Å²) in [6.07, 6.45) is 0. The van der Waals surface area contributed by atoms with Crippen LogP contribution in [-0.2, 0) is 21.4 Å². The van der Waals surface area contributed by atoms with E-state index in [9.17, 15) is 13.2 Å². The van der Waals surface area contributed by atoms with Crippen molar-refractivity contribution in [1.82, 2.24) is 19.1 Å². The quantitative estimate of drug-likeness (QED) is 0.247. The van der Waals surface area contributed by atoms with E-state index in [-0.39, 0.29) is 23.3 Å². The molecule has 1 amide bonds. The minimum Gasteiger partial charge on any atom is -0.454 e. The van der Waals surface area contributed by atoms with Crippen LogP contribution < -0.4 is 14.8 Å². The van der Waals surface area contributed by atoms with E-state index in [4.69, 9.17) is 9.47 Å². The van der Waals surface area contributed by atoms with Crippen LogP contribution in [0, 0.1) is 6.92 Å². The number of nitrogens with one attached hydrogen (secondary N) is 1. The fourth-order valence-corrected chi connectivity index (χ4v) is 6.71. The van der Waals surface area contributed by atoms with Gasteiger partial charge in [-0.1, -0.05) is 68.1 Å². The summed E-state index contributed by atoms with van der Waals surface area (Å²) in [5.41, 5.74) is 3.09. The van der Waals surface area contributed by atoms with Crippen molar-refractivity contribution in [3.63, 3.8) is 0 Å². The Morgan fingerprint density at radius 3 is 2.51 bits per heavy atom. The highest BCUT2D eigenvalue weighted by molar-refractivity contribution is 7.99. The van der Waals surface area contributed by atoms with Crippen LogP contribution in [-0.4, -0.2) is 59.0 Å². The van der Waals surface area contributed by atoms with Gasteiger partial charge in [0.2, 0.25) is 22.7 Å². The lowest BCUT2D eigenvalue weighted by Gasteiger charge is -2.19. The largest absolute Gasteiger partial charge is 0.454 e. The van der Waals surface area contributed by atoms with Crippen molar-refractivity contribution in [2.24, 2.45) is 0 Å². The Hall–Kier alpha value is -3.87. The summed E-state index contributed by atoms with van der Waals surface area (Å²) in [4.78, 5) is 13.2. The van der Waals surface area contributed by atoms with E-state index in [1.807, 2.05) is 60.0 Å². The lowest BCUT2D eigenvalue weighted by Crippen LogP contribution is -2.30. The lowest BCUT2D eigenvalue weighted by molar-refractivity contribution is -0.113. The zero-order chi connectivity index (χ0) is 29.0. The average Bonchev–Trinajstić information content (AvgIpc) is 3.60. The number of benzene rings is 3. The second-order valence-electron chi connectivity index (χ2n) is 9.35. The molecule has 0 spiro atoms. The molecule has 41 heavy (non-hydrogen) atoms. The van der Waals surface area contributed by atoms with Crippen molar-refractivity contribution in [2.75, 3.05) is 31.0 Å². The maximum atomic E-state index is 13.0. The smallest absolute Gasteiger partial charge is 0.243 e. The lowest BCUT2D eigenvalue weighted by atomic mass is 10.2. The normalized spacial score (nSPS) is 12.6. The highest BCUT2D eigenvalue weighted by Gasteiger charge is 2.23. The Labute approximate surface area is 243 Å². The molecule has 1 aliphatic heterocycles. The number of amides is 1. The first-order valence-corrected chi connectivity index (χ1v) is 15.6. The molecule has 0 saturated heterocycles. The van der Waals surface area contributed by atoms with Crippen LogP contribution in [0.2, 0.25) is 0 Å². The van der Waals surface area contributed by atoms with E-state index in [0.29, 0.717) is 47.8 Å². The van der Waals surface area contributed by atoms with Crippen LogP contribution in [0.1, 0.15) is 25.0 Å². The molecule has 0 radical (unpaired) electrons. The summed E-state index contributed by atoms with van der Waals surface area (Å²) >= 11 is 1.26. The highest BCUT2D eigenvalue weighted by Crippen LogP contribution is 2.34. The molecule has 5 rings (SSSR count). The number of sulfonamides is 1. The van der Waals surface area contributed by atoms with E-state index < -0.39 is 10.0 Å². The van der Waals surface area contributed by atoms with Gasteiger partial charge in [-0.25, -0.2) is 8.42 Å². The number of hydrogen-bond donors (Lipinski definition) is 1. The van der Waals surface area contributed by atoms with Crippen molar-refractivity contribution in [3.05, 3.63) is 77.9 Å². The summed E-state index contributed by atoms with van der Waals surface area (Å²) in [6.45, 7) is 6.80. The number of fused-ring (bicyclic) bond motifs is 1. The Morgan fingerprint density at radius 1 is 1.00 bits per heavy atom. The molecule has 1 aliphatic rings. The predicted molar refractivity (Wildman–Crippen MR) is 158 cm³/mol. The molecular weight excluding hydrogens is 562 g/mol. The van der Waals surface area contributed by atoms with Crippen molar-refractivity contribution >= 4 is 33.4 Å². The molecule has 0 unspecified atom stereocenters. The van der Waals surface area contributed by atoms with Gasteiger partial charge in [-0.3, -0.25) is 9.36 Å². The second-order valence-corrected chi connectivity index (χ2v) is 12.2. The number of rotatable bonds is 11. The summed E-state index contributed by atoms with van der Waals surface area (Å²) in [5.74, 6) is 1.84. The zero-order valence-corrected chi connectivity index (χ0v) is 24.7. The molecular formula is C29H31N5O5S2. The van der Waals surface area contributed by atoms with Crippen LogP contribution in [0.15, 0.2) is 76.8 Å². The molecule has 0 atom stereocenters. The van der Waals surface area contributed by atoms with Gasteiger partial charge in [-0.2, -0.15) is 4.31 Å². The number of aromatic nitrogens is 3. The van der Waals surface area contributed by atoms with E-state index in [2.05, 4.69) is 15.5 Å². The summed E-state index contributed by atoms with van der Waals surface area (Å²) in [7, 11) is -3.66. The standard InChI is InChI=1S/C29H31N5O5S2/c1-4-33(5-2)41(36,37)23-13-11-20(3)24(16-23)30-27(35)18-40-29-32-31-28(22-9-7-6-8-10-22)34(29)17-21-12-14-25-26(15-21)39-19-38-25/h6-16H,4-5,17-19H2,1-3H3,(H,30,35). The molecule has 3 aromatic carbocycles. The average molecular weight is 594 g/mol. The molecule has 4 aromatic rings. The topological polar surface area (TPSA) is 116 Å². The Balaban J connectivity index is 1.35. The second kappa shape index (κ2) is 12.3. The van der Waals surface area contributed by atoms with Crippen molar-refractivity contribution in [2.45, 2.75) is 37.4 Å². The van der Waals surface area contributed by atoms with Crippen LogP contribution >= 0.6 is 11.8 Å². The minimum absolute atomic E-state index is 0.0561. The van der Waals surface area contributed by atoms with Crippen LogP contribution in [0.25, 0.3) is 11.4 Å². The molecule has 0 fully saturated rings. The summed E-state index contributed by atoms with van der Waals surface area (Å²) in [5, 5.41) is 12.3. The fourth-order valence-electron chi connectivity index (χ4n) is 4.49. The van der Waals surface area contributed by atoms with E-state index in [0.717, 1.165) is 16.7 Å². The molecule has 2 heterocycles. The van der Waals surface area contributed by atoms with Gasteiger partial charge < -0.3 is 14.8 Å². The summed E-state index contributed by atoms with van der Waals surface area (Å²) in [6, 6.07) is 20.3. The maximum Gasteiger partial charge on any atom is 0.243 e. The van der Waals surface area contributed by atoms with Gasteiger partial charge in [-0.15, -0.1) is 10.2 Å². The number of nitrogens with zero attached hydrogens (tertiary/aromatic N) is 4. The minimum atomic E-state index is -3.66. The highest BCUT2D eigenvalue weighted by atomic mass is 32.2. The first-order valence-electron chi connectivity index (χ1n) is 13.2. The monoisotopic (exact) mass is 593 g/mol. The van der Waals surface area contributed by atoms with Gasteiger partial charge in [0.05, 0.1) is 17.2 Å². The van der Waals surface area contributed by atoms with Crippen LogP contribution in [0.5, 0.6) is 11.5 Å². The van der Waals surface area contributed by atoms with Gasteiger partial charge in [-0.05, 0) is 42.3 Å². The van der Waals surface area contributed by atoms with Gasteiger partial charge in [0, 0.05) is 24.3 Å². The molecule has 0 aliphatic carbocycles. The summed E-state index contributed by atoms with van der Waals surface area (Å²) < 4.78 is 40.3. The van der Waals surface area contributed by atoms with Crippen molar-refractivity contribution in [3.8, 4) is 22.9 Å². The fraction of sp³-hybridized carbons (Fsp3) is 0.276. The van der Waals surface area contributed by atoms with E-state index in [1.165, 1.54) is 22.1 Å². The maximum absolute atomic E-state index is 13.0. The first kappa shape index (κ1) is 28.7. The molecule has 0 saturated carbocycles. The Morgan fingerprint density at radius 2 is 1.76 bits per heavy atom. The number of thioether (sulfide) groups is 1. The van der Waals surface area contributed by atoms with E-state index >= 15 is 0 Å². The molecule has 0 bridgehead atoms. The number of ether oxygens (including phenoxy) is 2. The van der Waals surface area contributed by atoms with Crippen LogP contribution in [0.3, 0.4) is 0 Å². The van der Waals surface area contributed by atoms with Gasteiger partial charge in [0.25, 0.3) is 0 Å². The van der Waals surface area contributed by atoms with Crippen LogP contribution in [0.4, 0.5) is 5.69 Å². The molecule has 12 heteroatoms. The zero-order valence-electron chi connectivity index (χ0n) is 23.0. The third-order valence-electron chi connectivity index (χ3n) is 6.69. The third-order valence-corrected chi connectivity index (χ3v) is 9.70. The van der Waals surface area contributed by atoms with E-state index in [1.54, 1.807) is 26.0 Å².